The zero-order valence-corrected chi connectivity index (χ0v) is 10.8. The van der Waals surface area contributed by atoms with Gasteiger partial charge in [0.2, 0.25) is 0 Å². The van der Waals surface area contributed by atoms with Crippen LogP contribution in [0.15, 0.2) is 78.6 Å². The fourth-order valence-electron chi connectivity index (χ4n) is 1.90. The van der Waals surface area contributed by atoms with Crippen LogP contribution in [0.3, 0.4) is 0 Å². The molecule has 20 heavy (non-hydrogen) atoms. The molecule has 2 rings (SSSR count). The van der Waals surface area contributed by atoms with Crippen molar-refractivity contribution in [3.05, 3.63) is 78.6 Å². The molecule has 0 fully saturated rings. The average molecular weight is 266 g/mol. The smallest absolute Gasteiger partial charge is 0.275 e. The molecule has 4 heteroatoms. The van der Waals surface area contributed by atoms with E-state index in [0.717, 1.165) is 5.69 Å². The van der Waals surface area contributed by atoms with E-state index in [1.165, 1.54) is 6.08 Å². The highest BCUT2D eigenvalue weighted by molar-refractivity contribution is 6.22. The summed E-state index contributed by atoms with van der Waals surface area (Å²) in [4.78, 5) is 23.8. The number of allylic oxidation sites excluding steroid dienone is 3. The van der Waals surface area contributed by atoms with Crippen molar-refractivity contribution < 1.29 is 9.59 Å². The lowest BCUT2D eigenvalue weighted by Crippen LogP contribution is -2.24. The van der Waals surface area contributed by atoms with Gasteiger partial charge < -0.3 is 5.32 Å². The maximum atomic E-state index is 11.9. The lowest BCUT2D eigenvalue weighted by molar-refractivity contribution is -0.124. The normalized spacial score (nSPS) is 15.1. The first kappa shape index (κ1) is 13.5. The maximum absolute atomic E-state index is 11.9. The highest BCUT2D eigenvalue weighted by Crippen LogP contribution is 2.23. The fraction of sp³-hybridized carbons (Fsp3) is 0. The lowest BCUT2D eigenvalue weighted by Gasteiger charge is -2.07. The van der Waals surface area contributed by atoms with Gasteiger partial charge in [-0.05, 0) is 17.7 Å². The predicted molar refractivity (Wildman–Crippen MR) is 78.7 cm³/mol. The van der Waals surface area contributed by atoms with Crippen LogP contribution in [0.2, 0.25) is 0 Å². The van der Waals surface area contributed by atoms with E-state index in [9.17, 15) is 9.59 Å². The van der Waals surface area contributed by atoms with E-state index in [1.54, 1.807) is 12.2 Å². The third-order valence-electron chi connectivity index (χ3n) is 2.78. The third-order valence-corrected chi connectivity index (χ3v) is 2.78. The number of anilines is 1. The summed E-state index contributed by atoms with van der Waals surface area (Å²) in [6, 6.07) is 9.17. The van der Waals surface area contributed by atoms with Gasteiger partial charge >= 0.3 is 0 Å². The molecule has 4 nitrogen and oxygen atoms in total. The number of hydrogen-bond acceptors (Lipinski definition) is 3. The summed E-state index contributed by atoms with van der Waals surface area (Å²) < 4.78 is 0. The molecule has 0 aliphatic carbocycles. The summed E-state index contributed by atoms with van der Waals surface area (Å²) in [6.45, 7) is 7.24. The fourth-order valence-corrected chi connectivity index (χ4v) is 1.90. The van der Waals surface area contributed by atoms with Crippen molar-refractivity contribution in [2.24, 2.45) is 0 Å². The van der Waals surface area contributed by atoms with E-state index in [-0.39, 0.29) is 11.3 Å². The molecule has 0 bridgehead atoms. The molecule has 0 radical (unpaired) electrons. The minimum Gasteiger partial charge on any atom is -0.350 e. The Hall–Kier alpha value is -2.88. The number of amides is 2. The number of carbonyl (C=O) groups excluding carboxylic acids is 2. The van der Waals surface area contributed by atoms with Crippen molar-refractivity contribution >= 4 is 17.5 Å². The van der Waals surface area contributed by atoms with Gasteiger partial charge in [-0.15, -0.1) is 0 Å². The molecule has 0 saturated heterocycles. The number of para-hydroxylation sites is 1. The van der Waals surface area contributed by atoms with Gasteiger partial charge in [-0.3, -0.25) is 14.9 Å². The van der Waals surface area contributed by atoms with Crippen LogP contribution in [-0.4, -0.2) is 11.8 Å². The molecular formula is C16H14N2O2. The van der Waals surface area contributed by atoms with Crippen molar-refractivity contribution in [1.29, 1.82) is 0 Å². The van der Waals surface area contributed by atoms with Gasteiger partial charge in [0.1, 0.15) is 5.70 Å². The first-order valence-corrected chi connectivity index (χ1v) is 6.05. The molecule has 0 unspecified atom stereocenters. The Labute approximate surface area is 117 Å². The van der Waals surface area contributed by atoms with E-state index in [0.29, 0.717) is 5.57 Å². The summed E-state index contributed by atoms with van der Waals surface area (Å²) in [6.07, 6.45) is 4.69. The standard InChI is InChI=1S/C16H14N2O2/c1-3-8-11(4-2)13-14(16(20)18-15(13)19)17-12-9-6-5-7-10-12/h3-10H,1-2H2,(H2,17,18,19,20)/b11-8+. The second kappa shape index (κ2) is 5.84. The van der Waals surface area contributed by atoms with Crippen LogP contribution in [0, 0.1) is 0 Å². The van der Waals surface area contributed by atoms with E-state index in [2.05, 4.69) is 23.8 Å². The number of imide groups is 1. The molecule has 0 spiro atoms. The SMILES string of the molecule is C=C/C=C(\C=C)C1=C(Nc2ccccc2)C(=O)NC1=O. The van der Waals surface area contributed by atoms with Gasteiger partial charge in [0, 0.05) is 5.69 Å². The summed E-state index contributed by atoms with van der Waals surface area (Å²) in [7, 11) is 0. The minimum absolute atomic E-state index is 0.217. The van der Waals surface area contributed by atoms with Crippen molar-refractivity contribution in [3.8, 4) is 0 Å². The van der Waals surface area contributed by atoms with Gasteiger partial charge in [-0.2, -0.15) is 0 Å². The van der Waals surface area contributed by atoms with Gasteiger partial charge in [-0.1, -0.05) is 49.6 Å². The molecule has 0 saturated carbocycles. The molecule has 1 heterocycles. The van der Waals surface area contributed by atoms with Crippen LogP contribution < -0.4 is 10.6 Å². The average Bonchev–Trinajstić information content (AvgIpc) is 2.72. The molecule has 1 aliphatic rings. The van der Waals surface area contributed by atoms with Crippen LogP contribution in [0.1, 0.15) is 0 Å². The Kier molecular flexibility index (Phi) is 3.96. The predicted octanol–water partition coefficient (Wildman–Crippen LogP) is 2.31. The van der Waals surface area contributed by atoms with Gasteiger partial charge in [0.25, 0.3) is 11.8 Å². The largest absolute Gasteiger partial charge is 0.350 e. The highest BCUT2D eigenvalue weighted by atomic mass is 16.2. The number of nitrogens with one attached hydrogen (secondary N) is 2. The van der Waals surface area contributed by atoms with Gasteiger partial charge in [0.05, 0.1) is 5.57 Å². The van der Waals surface area contributed by atoms with Crippen LogP contribution in [0.5, 0.6) is 0 Å². The third kappa shape index (κ3) is 2.59. The second-order valence-corrected chi connectivity index (χ2v) is 4.09. The van der Waals surface area contributed by atoms with Crippen molar-refractivity contribution in [2.45, 2.75) is 0 Å². The van der Waals surface area contributed by atoms with E-state index in [4.69, 9.17) is 0 Å². The van der Waals surface area contributed by atoms with Crippen LogP contribution >= 0.6 is 0 Å². The molecule has 0 atom stereocenters. The van der Waals surface area contributed by atoms with Crippen LogP contribution in [0.25, 0.3) is 0 Å². The summed E-state index contributed by atoms with van der Waals surface area (Å²) in [5, 5.41) is 5.24. The minimum atomic E-state index is -0.453. The Balaban J connectivity index is 2.48. The molecule has 0 aromatic heterocycles. The molecule has 1 aliphatic heterocycles. The van der Waals surface area contributed by atoms with Crippen molar-refractivity contribution in [2.75, 3.05) is 5.32 Å². The van der Waals surface area contributed by atoms with Crippen molar-refractivity contribution in [1.82, 2.24) is 5.32 Å². The van der Waals surface area contributed by atoms with E-state index >= 15 is 0 Å². The molecule has 2 N–H and O–H groups in total. The maximum Gasteiger partial charge on any atom is 0.275 e. The Morgan fingerprint density at radius 3 is 2.40 bits per heavy atom. The first-order chi connectivity index (χ1) is 9.67. The molecule has 1 aromatic carbocycles. The number of carbonyl (C=O) groups is 2. The van der Waals surface area contributed by atoms with E-state index in [1.807, 2.05) is 30.3 Å². The Bertz CT molecular complexity index is 640. The van der Waals surface area contributed by atoms with E-state index < -0.39 is 11.8 Å². The highest BCUT2D eigenvalue weighted by Gasteiger charge is 2.31. The molecular weight excluding hydrogens is 252 g/mol. The molecule has 100 valence electrons. The Morgan fingerprint density at radius 1 is 1.10 bits per heavy atom. The summed E-state index contributed by atoms with van der Waals surface area (Å²) in [5.41, 5.74) is 1.76. The number of hydrogen-bond donors (Lipinski definition) is 2. The first-order valence-electron chi connectivity index (χ1n) is 6.05. The second-order valence-electron chi connectivity index (χ2n) is 4.09. The zero-order valence-electron chi connectivity index (χ0n) is 10.8. The lowest BCUT2D eigenvalue weighted by atomic mass is 10.0. The van der Waals surface area contributed by atoms with Crippen molar-refractivity contribution in [3.63, 3.8) is 0 Å². The number of benzene rings is 1. The summed E-state index contributed by atoms with van der Waals surface area (Å²) in [5.74, 6) is -0.896. The monoisotopic (exact) mass is 266 g/mol. The molecule has 2 amide bonds. The molecule has 1 aromatic rings. The van der Waals surface area contributed by atoms with Crippen LogP contribution in [0.4, 0.5) is 5.69 Å². The van der Waals surface area contributed by atoms with Crippen LogP contribution in [-0.2, 0) is 9.59 Å². The summed E-state index contributed by atoms with van der Waals surface area (Å²) >= 11 is 0. The zero-order chi connectivity index (χ0) is 14.5. The van der Waals surface area contributed by atoms with Gasteiger partial charge in [0.15, 0.2) is 0 Å². The number of rotatable bonds is 5. The Morgan fingerprint density at radius 2 is 1.80 bits per heavy atom. The quantitative estimate of drug-likeness (QED) is 0.635. The van der Waals surface area contributed by atoms with Gasteiger partial charge in [-0.25, -0.2) is 0 Å². The topological polar surface area (TPSA) is 58.2 Å².